The summed E-state index contributed by atoms with van der Waals surface area (Å²) in [6, 6.07) is 2.43. The first-order valence-corrected chi connectivity index (χ1v) is 10.5. The number of carboxylic acid groups (broad SMARTS) is 1. The molecule has 2 heterocycles. The van der Waals surface area contributed by atoms with E-state index in [9.17, 15) is 27.9 Å². The highest BCUT2D eigenvalue weighted by Crippen LogP contribution is 2.31. The number of nitrogens with zero attached hydrogens (tertiary/aromatic N) is 2. The van der Waals surface area contributed by atoms with Gasteiger partial charge in [-0.3, -0.25) is 9.59 Å². The first kappa shape index (κ1) is 23.5. The molecule has 1 aromatic rings. The number of piperidine rings is 2. The maximum Gasteiger partial charge on any atom is 0.573 e. The van der Waals surface area contributed by atoms with E-state index in [4.69, 9.17) is 11.6 Å². The molecular formula is C20H25ClF3N3O4. The van der Waals surface area contributed by atoms with Gasteiger partial charge in [-0.05, 0) is 44.5 Å². The number of carboxylic acids is 1. The number of rotatable bonds is 6. The second-order valence-electron chi connectivity index (χ2n) is 7.79. The molecule has 0 spiro atoms. The Morgan fingerprint density at radius 1 is 1.29 bits per heavy atom. The number of hydrogen-bond donors (Lipinski definition) is 2. The third-order valence-electron chi connectivity index (χ3n) is 5.75. The zero-order chi connectivity index (χ0) is 22.8. The standard InChI is InChI=1S/C20H25ClF3N3O4/c1-2-26-7-5-15(19(29)30)17(11-26)27-6-3-4-16(18(27)28)25-13-8-12(21)9-14(10-13)31-20(22,23)24/h8-10,15-17,25H,2-7,11H2,1H3,(H,29,30)/t15-,16?,17-/m0/s1. The predicted octanol–water partition coefficient (Wildman–Crippen LogP) is 3.44. The number of carbonyl (C=O) groups excluding carboxylic acids is 1. The lowest BCUT2D eigenvalue weighted by Gasteiger charge is -2.45. The molecule has 2 aliphatic heterocycles. The summed E-state index contributed by atoms with van der Waals surface area (Å²) in [5, 5.41) is 12.6. The number of hydrogen-bond acceptors (Lipinski definition) is 5. The highest BCUT2D eigenvalue weighted by molar-refractivity contribution is 6.31. The minimum atomic E-state index is -4.86. The number of likely N-dealkylation sites (N-methyl/N-ethyl adjacent to an activating group) is 1. The average molecular weight is 464 g/mol. The molecule has 11 heteroatoms. The van der Waals surface area contributed by atoms with Gasteiger partial charge in [0.25, 0.3) is 0 Å². The van der Waals surface area contributed by atoms with Crippen LogP contribution < -0.4 is 10.1 Å². The Morgan fingerprint density at radius 2 is 2.03 bits per heavy atom. The Bertz CT molecular complexity index is 823. The Morgan fingerprint density at radius 3 is 2.68 bits per heavy atom. The van der Waals surface area contributed by atoms with Gasteiger partial charge in [-0.1, -0.05) is 18.5 Å². The van der Waals surface area contributed by atoms with Crippen LogP contribution in [0.4, 0.5) is 18.9 Å². The van der Waals surface area contributed by atoms with Crippen molar-refractivity contribution < 1.29 is 32.6 Å². The van der Waals surface area contributed by atoms with Crippen molar-refractivity contribution in [1.29, 1.82) is 0 Å². The van der Waals surface area contributed by atoms with Crippen molar-refractivity contribution in [2.75, 3.05) is 31.5 Å². The molecule has 7 nitrogen and oxygen atoms in total. The molecule has 1 amide bonds. The fraction of sp³-hybridized carbons (Fsp3) is 0.600. The SMILES string of the molecule is CCN1CC[C@H](C(=O)O)[C@@H](N2CCCC(Nc3cc(Cl)cc(OC(F)(F)F)c3)C2=O)C1. The number of alkyl halides is 3. The Labute approximate surface area is 183 Å². The van der Waals surface area contributed by atoms with Crippen molar-refractivity contribution >= 4 is 29.2 Å². The normalized spacial score (nSPS) is 25.4. The zero-order valence-corrected chi connectivity index (χ0v) is 17.7. The van der Waals surface area contributed by atoms with Gasteiger partial charge in [0, 0.05) is 29.9 Å². The Kier molecular flexibility index (Phi) is 7.20. The molecule has 0 saturated carbocycles. The summed E-state index contributed by atoms with van der Waals surface area (Å²) in [7, 11) is 0. The van der Waals surface area contributed by atoms with Crippen molar-refractivity contribution in [3.8, 4) is 5.75 Å². The number of aliphatic carboxylic acids is 1. The molecule has 3 atom stereocenters. The first-order valence-electron chi connectivity index (χ1n) is 10.2. The maximum absolute atomic E-state index is 13.2. The van der Waals surface area contributed by atoms with Gasteiger partial charge < -0.3 is 25.0 Å². The summed E-state index contributed by atoms with van der Waals surface area (Å²) in [4.78, 5) is 28.7. The van der Waals surface area contributed by atoms with Crippen LogP contribution in [-0.4, -0.2) is 71.4 Å². The van der Waals surface area contributed by atoms with Gasteiger partial charge in [0.2, 0.25) is 5.91 Å². The summed E-state index contributed by atoms with van der Waals surface area (Å²) in [5.41, 5.74) is 0.223. The molecule has 2 N–H and O–H groups in total. The van der Waals surface area contributed by atoms with Crippen LogP contribution in [0, 0.1) is 5.92 Å². The average Bonchev–Trinajstić information content (AvgIpc) is 2.67. The van der Waals surface area contributed by atoms with Crippen molar-refractivity contribution in [2.24, 2.45) is 5.92 Å². The number of halogens is 4. The third-order valence-corrected chi connectivity index (χ3v) is 5.97. The van der Waals surface area contributed by atoms with Gasteiger partial charge >= 0.3 is 12.3 Å². The highest BCUT2D eigenvalue weighted by atomic mass is 35.5. The molecule has 1 aromatic carbocycles. The summed E-state index contributed by atoms with van der Waals surface area (Å²) in [6.07, 6.45) is -3.29. The van der Waals surface area contributed by atoms with Crippen molar-refractivity contribution in [3.05, 3.63) is 23.2 Å². The van der Waals surface area contributed by atoms with Crippen LogP contribution in [0.15, 0.2) is 18.2 Å². The quantitative estimate of drug-likeness (QED) is 0.672. The van der Waals surface area contributed by atoms with E-state index in [-0.39, 0.29) is 16.6 Å². The van der Waals surface area contributed by atoms with Gasteiger partial charge in [0.15, 0.2) is 0 Å². The van der Waals surface area contributed by atoms with Crippen LogP contribution in [0.25, 0.3) is 0 Å². The maximum atomic E-state index is 13.2. The largest absolute Gasteiger partial charge is 0.573 e. The van der Waals surface area contributed by atoms with E-state index in [0.717, 1.165) is 18.7 Å². The van der Waals surface area contributed by atoms with Crippen LogP contribution in [-0.2, 0) is 9.59 Å². The fourth-order valence-electron chi connectivity index (χ4n) is 4.29. The molecule has 31 heavy (non-hydrogen) atoms. The molecule has 2 saturated heterocycles. The lowest BCUT2D eigenvalue weighted by molar-refractivity contribution is -0.274. The number of likely N-dealkylation sites (tertiary alicyclic amines) is 2. The van der Waals surface area contributed by atoms with E-state index in [2.05, 4.69) is 15.0 Å². The summed E-state index contributed by atoms with van der Waals surface area (Å²) >= 11 is 5.92. The van der Waals surface area contributed by atoms with Crippen LogP contribution in [0.5, 0.6) is 5.75 Å². The molecule has 0 aromatic heterocycles. The van der Waals surface area contributed by atoms with Gasteiger partial charge in [0.05, 0.1) is 12.0 Å². The van der Waals surface area contributed by atoms with Crippen LogP contribution in [0.1, 0.15) is 26.2 Å². The second kappa shape index (κ2) is 9.52. The van der Waals surface area contributed by atoms with Gasteiger partial charge in [-0.15, -0.1) is 13.2 Å². The zero-order valence-electron chi connectivity index (χ0n) is 17.0. The Hall–Kier alpha value is -2.20. The van der Waals surface area contributed by atoms with E-state index >= 15 is 0 Å². The lowest BCUT2D eigenvalue weighted by Crippen LogP contribution is -2.60. The molecule has 2 fully saturated rings. The van der Waals surface area contributed by atoms with Gasteiger partial charge in [-0.2, -0.15) is 0 Å². The number of ether oxygens (including phenoxy) is 1. The molecule has 1 unspecified atom stereocenters. The van der Waals surface area contributed by atoms with Gasteiger partial charge in [0.1, 0.15) is 11.8 Å². The summed E-state index contributed by atoms with van der Waals surface area (Å²) in [5.74, 6) is -2.32. The number of anilines is 1. The molecule has 0 aliphatic carbocycles. The first-order chi connectivity index (χ1) is 14.6. The molecule has 0 radical (unpaired) electrons. The smallest absolute Gasteiger partial charge is 0.481 e. The van der Waals surface area contributed by atoms with Gasteiger partial charge in [-0.25, -0.2) is 0 Å². The summed E-state index contributed by atoms with van der Waals surface area (Å²) in [6.45, 7) is 4.34. The molecular weight excluding hydrogens is 439 g/mol. The molecule has 172 valence electrons. The second-order valence-corrected chi connectivity index (χ2v) is 8.22. The third kappa shape index (κ3) is 5.94. The van der Waals surface area contributed by atoms with E-state index in [1.165, 1.54) is 6.07 Å². The van der Waals surface area contributed by atoms with Crippen molar-refractivity contribution in [2.45, 2.75) is 44.6 Å². The van der Waals surface area contributed by atoms with Crippen LogP contribution >= 0.6 is 11.6 Å². The summed E-state index contributed by atoms with van der Waals surface area (Å²) < 4.78 is 41.6. The minimum absolute atomic E-state index is 0.0289. The fourth-order valence-corrected chi connectivity index (χ4v) is 4.52. The number of carbonyl (C=O) groups is 2. The number of amides is 1. The van der Waals surface area contributed by atoms with E-state index < -0.39 is 36.1 Å². The number of benzene rings is 1. The van der Waals surface area contributed by atoms with E-state index in [1.54, 1.807) is 4.90 Å². The molecule has 0 bridgehead atoms. The highest BCUT2D eigenvalue weighted by Gasteiger charge is 2.42. The molecule has 3 rings (SSSR count). The molecule has 2 aliphatic rings. The monoisotopic (exact) mass is 463 g/mol. The van der Waals surface area contributed by atoms with E-state index in [1.807, 2.05) is 6.92 Å². The van der Waals surface area contributed by atoms with E-state index in [0.29, 0.717) is 38.9 Å². The van der Waals surface area contributed by atoms with Crippen molar-refractivity contribution in [3.63, 3.8) is 0 Å². The lowest BCUT2D eigenvalue weighted by atomic mass is 9.88. The minimum Gasteiger partial charge on any atom is -0.481 e. The Balaban J connectivity index is 1.77. The van der Waals surface area contributed by atoms with Crippen LogP contribution in [0.2, 0.25) is 5.02 Å². The van der Waals surface area contributed by atoms with Crippen LogP contribution in [0.3, 0.4) is 0 Å². The van der Waals surface area contributed by atoms with Crippen molar-refractivity contribution in [1.82, 2.24) is 9.80 Å². The number of nitrogens with one attached hydrogen (secondary N) is 1. The predicted molar refractivity (Wildman–Crippen MR) is 108 cm³/mol. The topological polar surface area (TPSA) is 82.1 Å².